The Morgan fingerprint density at radius 1 is 1.00 bits per heavy atom. The Morgan fingerprint density at radius 3 is 2.40 bits per heavy atom. The minimum Gasteiger partial charge on any atom is -0.361 e. The molecule has 2 amide bonds. The molecule has 0 spiro atoms. The maximum Gasteiger partial charge on any atom is 0.238 e. The molecule has 2 aromatic carbocycles. The fourth-order valence-corrected chi connectivity index (χ4v) is 3.83. The number of likely N-dealkylation sites (N-methyl/N-ethyl adjacent to an activating group) is 1. The second-order valence-electron chi connectivity index (χ2n) is 7.95. The molecule has 0 aliphatic heterocycles. The lowest BCUT2D eigenvalue weighted by Gasteiger charge is -2.18. The lowest BCUT2D eigenvalue weighted by atomic mass is 10.1. The van der Waals surface area contributed by atoms with Crippen LogP contribution in [-0.2, 0) is 16.0 Å². The predicted octanol–water partition coefficient (Wildman–Crippen LogP) is 3.32. The molecular weight excluding hydrogens is 376 g/mol. The second-order valence-corrected chi connectivity index (χ2v) is 7.95. The van der Waals surface area contributed by atoms with E-state index in [0.717, 1.165) is 28.8 Å². The zero-order valence-electron chi connectivity index (χ0n) is 18.1. The highest BCUT2D eigenvalue weighted by molar-refractivity contribution is 5.94. The van der Waals surface area contributed by atoms with Crippen LogP contribution in [0, 0.1) is 20.8 Å². The summed E-state index contributed by atoms with van der Waals surface area (Å²) in [6.07, 6.45) is 2.74. The molecule has 30 heavy (non-hydrogen) atoms. The number of hydrogen-bond acceptors (Lipinski definition) is 3. The van der Waals surface area contributed by atoms with Gasteiger partial charge in [0, 0.05) is 29.3 Å². The molecule has 0 fully saturated rings. The van der Waals surface area contributed by atoms with Crippen molar-refractivity contribution in [3.8, 4) is 0 Å². The number of hydrogen-bond donors (Lipinski definition) is 3. The molecule has 158 valence electrons. The molecule has 0 saturated carbocycles. The maximum atomic E-state index is 12.4. The highest BCUT2D eigenvalue weighted by Crippen LogP contribution is 2.21. The zero-order chi connectivity index (χ0) is 21.7. The van der Waals surface area contributed by atoms with Crippen molar-refractivity contribution in [2.24, 2.45) is 0 Å². The highest BCUT2D eigenvalue weighted by Gasteiger charge is 2.13. The molecule has 3 N–H and O–H groups in total. The quantitative estimate of drug-likeness (QED) is 0.537. The Morgan fingerprint density at radius 2 is 1.67 bits per heavy atom. The number of aryl methyl sites for hydroxylation is 3. The number of carbonyl (C=O) groups is 2. The first-order valence-corrected chi connectivity index (χ1v) is 10.2. The Balaban J connectivity index is 1.43. The Hall–Kier alpha value is -3.12. The summed E-state index contributed by atoms with van der Waals surface area (Å²) in [5, 5.41) is 7.09. The summed E-state index contributed by atoms with van der Waals surface area (Å²) in [5.41, 5.74) is 6.38. The number of anilines is 1. The molecule has 0 bridgehead atoms. The van der Waals surface area contributed by atoms with Gasteiger partial charge in [-0.3, -0.25) is 14.5 Å². The molecule has 0 aliphatic rings. The van der Waals surface area contributed by atoms with E-state index in [-0.39, 0.29) is 24.9 Å². The topological polar surface area (TPSA) is 77.2 Å². The summed E-state index contributed by atoms with van der Waals surface area (Å²) >= 11 is 0. The van der Waals surface area contributed by atoms with Crippen LogP contribution >= 0.6 is 0 Å². The number of nitrogens with zero attached hydrogens (tertiary/aromatic N) is 1. The first kappa shape index (κ1) is 21.6. The summed E-state index contributed by atoms with van der Waals surface area (Å²) in [7, 11) is 1.77. The van der Waals surface area contributed by atoms with Crippen molar-refractivity contribution in [3.63, 3.8) is 0 Å². The number of aromatic amines is 1. The number of nitrogens with one attached hydrogen (secondary N) is 3. The van der Waals surface area contributed by atoms with Crippen LogP contribution in [0.3, 0.4) is 0 Å². The standard InChI is InChI=1S/C24H30N4O2/c1-16-11-17(2)24(18(3)12-16)27-23(30)15-28(4)14-22(29)25-10-9-19-13-26-21-8-6-5-7-20(19)21/h5-8,11-13,26H,9-10,14-15H2,1-4H3,(H,25,29)(H,27,30). The van der Waals surface area contributed by atoms with Crippen molar-refractivity contribution >= 4 is 28.4 Å². The van der Waals surface area contributed by atoms with Crippen LogP contribution in [0.4, 0.5) is 5.69 Å². The van der Waals surface area contributed by atoms with E-state index in [1.807, 2.05) is 57.3 Å². The van der Waals surface area contributed by atoms with Gasteiger partial charge < -0.3 is 15.6 Å². The van der Waals surface area contributed by atoms with Crippen LogP contribution in [0.2, 0.25) is 0 Å². The number of H-pyrrole nitrogens is 1. The van der Waals surface area contributed by atoms with Crippen LogP contribution in [-0.4, -0.2) is 48.4 Å². The SMILES string of the molecule is Cc1cc(C)c(NC(=O)CN(C)CC(=O)NCCc2c[nH]c3ccccc23)c(C)c1. The minimum absolute atomic E-state index is 0.0900. The molecule has 0 aliphatic carbocycles. The van der Waals surface area contributed by atoms with E-state index in [9.17, 15) is 9.59 Å². The van der Waals surface area contributed by atoms with E-state index in [1.165, 1.54) is 16.5 Å². The van der Waals surface area contributed by atoms with Gasteiger partial charge in [-0.1, -0.05) is 35.9 Å². The fourth-order valence-electron chi connectivity index (χ4n) is 3.83. The normalized spacial score (nSPS) is 11.1. The number of para-hydroxylation sites is 1. The van der Waals surface area contributed by atoms with Crippen LogP contribution in [0.1, 0.15) is 22.3 Å². The average Bonchev–Trinajstić information content (AvgIpc) is 3.08. The van der Waals surface area contributed by atoms with Gasteiger partial charge in [-0.05, 0) is 57.0 Å². The van der Waals surface area contributed by atoms with Gasteiger partial charge >= 0.3 is 0 Å². The number of rotatable bonds is 8. The molecule has 1 aromatic heterocycles. The highest BCUT2D eigenvalue weighted by atomic mass is 16.2. The van der Waals surface area contributed by atoms with Gasteiger partial charge in [-0.15, -0.1) is 0 Å². The number of aromatic nitrogens is 1. The lowest BCUT2D eigenvalue weighted by molar-refractivity contribution is -0.122. The van der Waals surface area contributed by atoms with Gasteiger partial charge in [0.2, 0.25) is 11.8 Å². The van der Waals surface area contributed by atoms with E-state index in [0.29, 0.717) is 6.54 Å². The van der Waals surface area contributed by atoms with E-state index >= 15 is 0 Å². The molecule has 0 saturated heterocycles. The zero-order valence-corrected chi connectivity index (χ0v) is 18.1. The number of fused-ring (bicyclic) bond motifs is 1. The first-order valence-electron chi connectivity index (χ1n) is 10.2. The Labute approximate surface area is 177 Å². The van der Waals surface area contributed by atoms with Crippen LogP contribution < -0.4 is 10.6 Å². The third-order valence-corrected chi connectivity index (χ3v) is 5.16. The molecule has 0 radical (unpaired) electrons. The van der Waals surface area contributed by atoms with Crippen LogP contribution in [0.25, 0.3) is 10.9 Å². The van der Waals surface area contributed by atoms with Gasteiger partial charge in [-0.2, -0.15) is 0 Å². The van der Waals surface area contributed by atoms with Gasteiger partial charge in [0.05, 0.1) is 13.1 Å². The van der Waals surface area contributed by atoms with Crippen molar-refractivity contribution in [2.45, 2.75) is 27.2 Å². The number of carbonyl (C=O) groups excluding carboxylic acids is 2. The van der Waals surface area contributed by atoms with Gasteiger partial charge in [0.15, 0.2) is 0 Å². The monoisotopic (exact) mass is 406 g/mol. The minimum atomic E-state index is -0.126. The van der Waals surface area contributed by atoms with Gasteiger partial charge in [-0.25, -0.2) is 0 Å². The molecule has 0 unspecified atom stereocenters. The van der Waals surface area contributed by atoms with Gasteiger partial charge in [0.25, 0.3) is 0 Å². The molecule has 0 atom stereocenters. The predicted molar refractivity (Wildman–Crippen MR) is 122 cm³/mol. The molecule has 3 rings (SSSR count). The second kappa shape index (κ2) is 9.59. The van der Waals surface area contributed by atoms with Crippen molar-refractivity contribution < 1.29 is 9.59 Å². The molecule has 3 aromatic rings. The lowest BCUT2D eigenvalue weighted by Crippen LogP contribution is -2.39. The van der Waals surface area contributed by atoms with Crippen molar-refractivity contribution in [1.82, 2.24) is 15.2 Å². The van der Waals surface area contributed by atoms with E-state index < -0.39 is 0 Å². The maximum absolute atomic E-state index is 12.4. The molecule has 6 heteroatoms. The number of benzene rings is 2. The summed E-state index contributed by atoms with van der Waals surface area (Å²) < 4.78 is 0. The van der Waals surface area contributed by atoms with E-state index in [2.05, 4.69) is 21.7 Å². The largest absolute Gasteiger partial charge is 0.361 e. The molecule has 1 heterocycles. The molecular formula is C24H30N4O2. The van der Waals surface area contributed by atoms with Crippen molar-refractivity contribution in [1.29, 1.82) is 0 Å². The molecule has 6 nitrogen and oxygen atoms in total. The third kappa shape index (κ3) is 5.48. The Kier molecular flexibility index (Phi) is 6.90. The van der Waals surface area contributed by atoms with Crippen molar-refractivity contribution in [3.05, 3.63) is 64.8 Å². The average molecular weight is 407 g/mol. The van der Waals surface area contributed by atoms with Crippen LogP contribution in [0.5, 0.6) is 0 Å². The van der Waals surface area contributed by atoms with Crippen molar-refractivity contribution in [2.75, 3.05) is 32.0 Å². The van der Waals surface area contributed by atoms with Crippen LogP contribution in [0.15, 0.2) is 42.6 Å². The fraction of sp³-hybridized carbons (Fsp3) is 0.333. The summed E-state index contributed by atoms with van der Waals surface area (Å²) in [5.74, 6) is -0.216. The summed E-state index contributed by atoms with van der Waals surface area (Å²) in [6.45, 7) is 6.90. The van der Waals surface area contributed by atoms with E-state index in [1.54, 1.807) is 11.9 Å². The number of amides is 2. The third-order valence-electron chi connectivity index (χ3n) is 5.16. The summed E-state index contributed by atoms with van der Waals surface area (Å²) in [4.78, 5) is 29.6. The smallest absolute Gasteiger partial charge is 0.238 e. The Bertz CT molecular complexity index is 1030. The van der Waals surface area contributed by atoms with E-state index in [4.69, 9.17) is 0 Å². The first-order chi connectivity index (χ1) is 14.3. The van der Waals surface area contributed by atoms with Gasteiger partial charge in [0.1, 0.15) is 0 Å². The summed E-state index contributed by atoms with van der Waals surface area (Å²) in [6, 6.07) is 12.2.